The minimum atomic E-state index is -1.11. The summed E-state index contributed by atoms with van der Waals surface area (Å²) in [5, 5.41) is 23.0. The second kappa shape index (κ2) is 7.14. The summed E-state index contributed by atoms with van der Waals surface area (Å²) in [5.41, 5.74) is 0.811. The van der Waals surface area contributed by atoms with Crippen LogP contribution in [0.1, 0.15) is 28.2 Å². The number of para-hydroxylation sites is 1. The number of hydrogen-bond donors (Lipinski definition) is 1. The zero-order chi connectivity index (χ0) is 23.6. The van der Waals surface area contributed by atoms with Gasteiger partial charge in [0.05, 0.1) is 27.4 Å². The number of non-ortho nitro benzene ring substituents is 1. The Kier molecular flexibility index (Phi) is 4.19. The molecule has 0 saturated carbocycles. The number of Topliss-reactive ketones (excluding diaryl/α,β-unsaturated/α-hetero) is 1. The number of fused-ring (bicyclic) bond motifs is 4. The molecule has 166 valence electrons. The van der Waals surface area contributed by atoms with E-state index in [2.05, 4.69) is 0 Å². The van der Waals surface area contributed by atoms with Crippen LogP contribution in [0.5, 0.6) is 11.5 Å². The van der Waals surface area contributed by atoms with Crippen LogP contribution in [0.4, 0.5) is 5.69 Å². The van der Waals surface area contributed by atoms with E-state index < -0.39 is 16.5 Å². The number of carbonyl (C=O) groups excluding carboxylic acids is 1. The van der Waals surface area contributed by atoms with Crippen molar-refractivity contribution in [2.45, 2.75) is 12.3 Å². The normalized spacial score (nSPS) is 16.5. The number of allylic oxidation sites excluding steroid dienone is 1. The monoisotopic (exact) mass is 453 g/mol. The Morgan fingerprint density at radius 2 is 1.76 bits per heavy atom. The fourth-order valence-corrected chi connectivity index (χ4v) is 4.77. The van der Waals surface area contributed by atoms with Crippen molar-refractivity contribution in [2.24, 2.45) is 0 Å². The van der Waals surface area contributed by atoms with Crippen molar-refractivity contribution in [1.29, 1.82) is 0 Å². The molecule has 8 nitrogen and oxygen atoms in total. The molecule has 8 heteroatoms. The molecular weight excluding hydrogens is 438 g/mol. The molecule has 4 aromatic rings. The van der Waals surface area contributed by atoms with E-state index >= 15 is 0 Å². The van der Waals surface area contributed by atoms with Gasteiger partial charge in [0.2, 0.25) is 0 Å². The third kappa shape index (κ3) is 2.78. The average molecular weight is 453 g/mol. The largest absolute Gasteiger partial charge is 0.507 e. The third-order valence-electron chi connectivity index (χ3n) is 6.28. The van der Waals surface area contributed by atoms with Crippen LogP contribution in [0.3, 0.4) is 0 Å². The van der Waals surface area contributed by atoms with E-state index in [4.69, 9.17) is 9.15 Å². The number of nitro groups is 1. The highest BCUT2D eigenvalue weighted by molar-refractivity contribution is 6.09. The van der Waals surface area contributed by atoms with Gasteiger partial charge in [0.1, 0.15) is 22.8 Å². The molecule has 1 aliphatic carbocycles. The van der Waals surface area contributed by atoms with Gasteiger partial charge in [-0.15, -0.1) is 0 Å². The maximum atomic E-state index is 13.4. The van der Waals surface area contributed by atoms with Crippen LogP contribution in [0.2, 0.25) is 0 Å². The molecule has 0 bridgehead atoms. The van der Waals surface area contributed by atoms with Gasteiger partial charge in [0.15, 0.2) is 5.78 Å². The maximum absolute atomic E-state index is 13.4. The molecule has 0 radical (unpaired) electrons. The van der Waals surface area contributed by atoms with Crippen LogP contribution in [0.15, 0.2) is 81.5 Å². The van der Waals surface area contributed by atoms with Crippen molar-refractivity contribution in [1.82, 2.24) is 0 Å². The average Bonchev–Trinajstić information content (AvgIpc) is 2.83. The molecule has 2 aliphatic rings. The van der Waals surface area contributed by atoms with Gasteiger partial charge in [0.25, 0.3) is 5.69 Å². The number of ether oxygens (including phenoxy) is 1. The van der Waals surface area contributed by atoms with Crippen LogP contribution >= 0.6 is 0 Å². The molecular formula is C26H15NO7. The van der Waals surface area contributed by atoms with Gasteiger partial charge >= 0.3 is 5.63 Å². The van der Waals surface area contributed by atoms with Gasteiger partial charge in [-0.1, -0.05) is 36.4 Å². The molecule has 0 amide bonds. The molecule has 1 atom stereocenters. The van der Waals surface area contributed by atoms with Crippen molar-refractivity contribution < 1.29 is 24.0 Å². The number of hydrogen-bond acceptors (Lipinski definition) is 7. The summed E-state index contributed by atoms with van der Waals surface area (Å²) in [6, 6.07) is 17.8. The van der Waals surface area contributed by atoms with Gasteiger partial charge < -0.3 is 14.3 Å². The minimum Gasteiger partial charge on any atom is -0.507 e. The van der Waals surface area contributed by atoms with Gasteiger partial charge in [-0.25, -0.2) is 4.79 Å². The first-order chi connectivity index (χ1) is 16.4. The van der Waals surface area contributed by atoms with Crippen molar-refractivity contribution in [3.05, 3.63) is 115 Å². The molecule has 0 spiro atoms. The summed E-state index contributed by atoms with van der Waals surface area (Å²) in [4.78, 5) is 37.5. The van der Waals surface area contributed by atoms with Crippen molar-refractivity contribution in [3.8, 4) is 11.5 Å². The van der Waals surface area contributed by atoms with E-state index in [1.807, 2.05) is 24.3 Å². The summed E-state index contributed by atoms with van der Waals surface area (Å²) in [6.07, 6.45) is 0.0683. The summed E-state index contributed by atoms with van der Waals surface area (Å²) in [7, 11) is 0. The zero-order valence-corrected chi connectivity index (χ0v) is 17.5. The number of rotatable bonds is 2. The van der Waals surface area contributed by atoms with E-state index in [0.29, 0.717) is 10.9 Å². The first-order valence-electron chi connectivity index (χ1n) is 10.5. The van der Waals surface area contributed by atoms with E-state index in [0.717, 1.165) is 5.56 Å². The first kappa shape index (κ1) is 19.9. The van der Waals surface area contributed by atoms with Crippen LogP contribution in [-0.4, -0.2) is 15.8 Å². The Morgan fingerprint density at radius 1 is 1.00 bits per heavy atom. The quantitative estimate of drug-likeness (QED) is 0.270. The Hall–Kier alpha value is -4.72. The molecule has 1 N–H and O–H groups in total. The van der Waals surface area contributed by atoms with Crippen LogP contribution in [0.25, 0.3) is 16.7 Å². The second-order valence-corrected chi connectivity index (χ2v) is 8.16. The maximum Gasteiger partial charge on any atom is 0.344 e. The van der Waals surface area contributed by atoms with Gasteiger partial charge in [0, 0.05) is 29.7 Å². The summed E-state index contributed by atoms with van der Waals surface area (Å²) in [5.74, 6) is -1.23. The molecule has 6 rings (SSSR count). The predicted molar refractivity (Wildman–Crippen MR) is 122 cm³/mol. The number of benzene rings is 3. The Labute approximate surface area is 191 Å². The Balaban J connectivity index is 1.72. The minimum absolute atomic E-state index is 0.0683. The molecule has 0 fully saturated rings. The fourth-order valence-electron chi connectivity index (χ4n) is 4.77. The molecule has 1 unspecified atom stereocenters. The van der Waals surface area contributed by atoms with Gasteiger partial charge in [-0.3, -0.25) is 14.9 Å². The number of nitro benzene ring substituents is 1. The molecule has 1 aromatic heterocycles. The number of aromatic hydroxyl groups is 1. The van der Waals surface area contributed by atoms with Gasteiger partial charge in [-0.2, -0.15) is 0 Å². The molecule has 2 heterocycles. The Bertz CT molecular complexity index is 1650. The van der Waals surface area contributed by atoms with Crippen molar-refractivity contribution in [3.63, 3.8) is 0 Å². The summed E-state index contributed by atoms with van der Waals surface area (Å²) >= 11 is 0. The van der Waals surface area contributed by atoms with Crippen molar-refractivity contribution >= 4 is 28.2 Å². The predicted octanol–water partition coefficient (Wildman–Crippen LogP) is 4.47. The summed E-state index contributed by atoms with van der Waals surface area (Å²) < 4.78 is 11.6. The smallest absolute Gasteiger partial charge is 0.344 e. The second-order valence-electron chi connectivity index (χ2n) is 8.16. The molecule has 0 saturated heterocycles. The SMILES string of the molecule is O=C1Cc2ccccc2C2=C1C(c1c(O)c3ccccc3oc1=O)c1cc([N+](=O)[O-])ccc1O2. The Morgan fingerprint density at radius 3 is 2.59 bits per heavy atom. The number of carbonyl (C=O) groups is 1. The number of nitrogens with zero attached hydrogens (tertiary/aromatic N) is 1. The zero-order valence-electron chi connectivity index (χ0n) is 17.5. The first-order valence-corrected chi connectivity index (χ1v) is 10.5. The summed E-state index contributed by atoms with van der Waals surface area (Å²) in [6.45, 7) is 0. The van der Waals surface area contributed by atoms with E-state index in [1.54, 1.807) is 24.3 Å². The van der Waals surface area contributed by atoms with E-state index in [1.165, 1.54) is 18.2 Å². The molecule has 34 heavy (non-hydrogen) atoms. The fraction of sp³-hybridized carbons (Fsp3) is 0.0769. The lowest BCUT2D eigenvalue weighted by Gasteiger charge is -2.33. The van der Waals surface area contributed by atoms with Gasteiger partial charge in [-0.05, 0) is 23.8 Å². The third-order valence-corrected chi connectivity index (χ3v) is 6.28. The highest BCUT2D eigenvalue weighted by atomic mass is 16.6. The number of ketones is 1. The molecule has 1 aliphatic heterocycles. The van der Waals surface area contributed by atoms with E-state index in [9.17, 15) is 24.8 Å². The highest BCUT2D eigenvalue weighted by Gasteiger charge is 2.42. The molecule has 3 aromatic carbocycles. The lowest BCUT2D eigenvalue weighted by atomic mass is 9.75. The standard InChI is InChI=1S/C26H15NO7/c28-18-11-13-5-1-2-6-15(13)25-22(18)21(17-12-14(27(31)32)9-10-20(17)33-25)23-24(29)16-7-3-4-8-19(16)34-26(23)30/h1-10,12,21,29H,11H2. The van der Waals surface area contributed by atoms with Crippen LogP contribution in [0, 0.1) is 10.1 Å². The van der Waals surface area contributed by atoms with Crippen LogP contribution in [-0.2, 0) is 11.2 Å². The lowest BCUT2D eigenvalue weighted by Crippen LogP contribution is -2.29. The highest BCUT2D eigenvalue weighted by Crippen LogP contribution is 2.50. The van der Waals surface area contributed by atoms with Crippen molar-refractivity contribution in [2.75, 3.05) is 0 Å². The topological polar surface area (TPSA) is 120 Å². The van der Waals surface area contributed by atoms with Crippen LogP contribution < -0.4 is 10.4 Å². The lowest BCUT2D eigenvalue weighted by molar-refractivity contribution is -0.384. The van der Waals surface area contributed by atoms with E-state index in [-0.39, 0.29) is 57.4 Å².